The van der Waals surface area contributed by atoms with Crippen molar-refractivity contribution in [1.82, 2.24) is 25.2 Å². The van der Waals surface area contributed by atoms with Gasteiger partial charge in [-0.1, -0.05) is 35.5 Å². The predicted octanol–water partition coefficient (Wildman–Crippen LogP) is 3.35. The number of carbonyl (C=O) groups is 1. The van der Waals surface area contributed by atoms with Crippen LogP contribution in [-0.4, -0.2) is 32.4 Å². The van der Waals surface area contributed by atoms with Crippen molar-refractivity contribution in [1.29, 1.82) is 0 Å². The smallest absolute Gasteiger partial charge is 0.259 e. The number of hydrogen-bond acceptors (Lipinski definition) is 5. The summed E-state index contributed by atoms with van der Waals surface area (Å²) in [5.74, 6) is -0.187. The van der Waals surface area contributed by atoms with Crippen LogP contribution in [0.15, 0.2) is 47.1 Å². The lowest BCUT2D eigenvalue weighted by Crippen LogP contribution is -2.23. The van der Waals surface area contributed by atoms with Crippen molar-refractivity contribution >= 4 is 17.0 Å². The largest absolute Gasteiger partial charge is 0.352 e. The van der Waals surface area contributed by atoms with Gasteiger partial charge in [-0.05, 0) is 19.9 Å². The monoisotopic (exact) mass is 361 g/mol. The van der Waals surface area contributed by atoms with E-state index in [1.165, 1.54) is 0 Å². The first-order chi connectivity index (χ1) is 13.1. The minimum Gasteiger partial charge on any atom is -0.352 e. The summed E-state index contributed by atoms with van der Waals surface area (Å²) in [5.41, 5.74) is 4.60. The van der Waals surface area contributed by atoms with Gasteiger partial charge in [0.1, 0.15) is 5.69 Å². The van der Waals surface area contributed by atoms with Crippen molar-refractivity contribution in [3.8, 4) is 22.5 Å². The van der Waals surface area contributed by atoms with E-state index in [1.807, 2.05) is 57.4 Å². The normalized spacial score (nSPS) is 11.1. The maximum Gasteiger partial charge on any atom is 0.259 e. The summed E-state index contributed by atoms with van der Waals surface area (Å²) in [6.07, 6.45) is 1.87. The predicted molar refractivity (Wildman–Crippen MR) is 102 cm³/mol. The zero-order chi connectivity index (χ0) is 19.0. The molecule has 0 saturated heterocycles. The first kappa shape index (κ1) is 17.0. The lowest BCUT2D eigenvalue weighted by Gasteiger charge is -2.07. The SMILES string of the molecule is CCNC(=O)c1cc(-c2cn(C)nc2C)nc2onc(-c3ccccc3)c12. The fourth-order valence-corrected chi connectivity index (χ4v) is 3.17. The van der Waals surface area contributed by atoms with Crippen LogP contribution in [0.4, 0.5) is 0 Å². The highest BCUT2D eigenvalue weighted by atomic mass is 16.5. The Morgan fingerprint density at radius 3 is 2.70 bits per heavy atom. The molecule has 136 valence electrons. The van der Waals surface area contributed by atoms with Crippen molar-refractivity contribution in [2.24, 2.45) is 7.05 Å². The average molecular weight is 361 g/mol. The van der Waals surface area contributed by atoms with E-state index in [4.69, 9.17) is 4.52 Å². The average Bonchev–Trinajstić information content (AvgIpc) is 3.24. The zero-order valence-electron chi connectivity index (χ0n) is 15.4. The molecule has 0 saturated carbocycles. The molecule has 7 nitrogen and oxygen atoms in total. The number of nitrogens with one attached hydrogen (secondary N) is 1. The number of aryl methyl sites for hydroxylation is 2. The Labute approximate surface area is 156 Å². The van der Waals surface area contributed by atoms with Crippen LogP contribution in [0.1, 0.15) is 23.0 Å². The van der Waals surface area contributed by atoms with Crippen LogP contribution < -0.4 is 5.32 Å². The number of carbonyl (C=O) groups excluding carboxylic acids is 1. The third-order valence-corrected chi connectivity index (χ3v) is 4.37. The topological polar surface area (TPSA) is 85.8 Å². The summed E-state index contributed by atoms with van der Waals surface area (Å²) in [4.78, 5) is 17.4. The standard InChI is InChI=1S/C20H19N5O2/c1-4-21-19(26)14-10-16(15-11-25(3)23-12(15)2)22-20-17(14)18(24-27-20)13-8-6-5-7-9-13/h5-11H,4H2,1-3H3,(H,21,26). The first-order valence-electron chi connectivity index (χ1n) is 8.73. The van der Waals surface area contributed by atoms with E-state index < -0.39 is 0 Å². The molecule has 1 amide bonds. The van der Waals surface area contributed by atoms with E-state index >= 15 is 0 Å². The Bertz CT molecular complexity index is 1130. The van der Waals surface area contributed by atoms with Gasteiger partial charge in [0.25, 0.3) is 11.6 Å². The summed E-state index contributed by atoms with van der Waals surface area (Å²) in [6.45, 7) is 4.31. The maximum atomic E-state index is 12.8. The molecular weight excluding hydrogens is 342 g/mol. The molecule has 0 aliphatic carbocycles. The van der Waals surface area contributed by atoms with E-state index in [2.05, 4.69) is 20.6 Å². The molecule has 1 aromatic carbocycles. The molecule has 0 radical (unpaired) electrons. The van der Waals surface area contributed by atoms with Crippen LogP contribution in [0.3, 0.4) is 0 Å². The van der Waals surface area contributed by atoms with Crippen molar-refractivity contribution in [3.63, 3.8) is 0 Å². The quantitative estimate of drug-likeness (QED) is 0.602. The van der Waals surface area contributed by atoms with Crippen LogP contribution in [0, 0.1) is 6.92 Å². The molecule has 27 heavy (non-hydrogen) atoms. The number of amides is 1. The minimum absolute atomic E-state index is 0.187. The second kappa shape index (κ2) is 6.68. The van der Waals surface area contributed by atoms with Crippen LogP contribution in [-0.2, 0) is 7.05 Å². The van der Waals surface area contributed by atoms with Gasteiger partial charge in [-0.15, -0.1) is 0 Å². The molecule has 0 spiro atoms. The van der Waals surface area contributed by atoms with Crippen LogP contribution in [0.5, 0.6) is 0 Å². The molecule has 0 atom stereocenters. The minimum atomic E-state index is -0.187. The third kappa shape index (κ3) is 2.97. The maximum absolute atomic E-state index is 12.8. The number of benzene rings is 1. The lowest BCUT2D eigenvalue weighted by molar-refractivity contribution is 0.0957. The van der Waals surface area contributed by atoms with Gasteiger partial charge >= 0.3 is 0 Å². The zero-order valence-corrected chi connectivity index (χ0v) is 15.4. The third-order valence-electron chi connectivity index (χ3n) is 4.37. The molecule has 4 aromatic rings. The Morgan fingerprint density at radius 1 is 1.26 bits per heavy atom. The molecule has 1 N–H and O–H groups in total. The Balaban J connectivity index is 1.98. The second-order valence-corrected chi connectivity index (χ2v) is 6.29. The molecule has 7 heteroatoms. The summed E-state index contributed by atoms with van der Waals surface area (Å²) in [7, 11) is 1.85. The highest BCUT2D eigenvalue weighted by molar-refractivity contribution is 6.10. The number of rotatable bonds is 4. The summed E-state index contributed by atoms with van der Waals surface area (Å²) in [6, 6.07) is 11.4. The van der Waals surface area contributed by atoms with Gasteiger partial charge in [-0.2, -0.15) is 5.10 Å². The number of nitrogens with zero attached hydrogens (tertiary/aromatic N) is 4. The second-order valence-electron chi connectivity index (χ2n) is 6.29. The van der Waals surface area contributed by atoms with E-state index in [1.54, 1.807) is 10.7 Å². The number of pyridine rings is 1. The van der Waals surface area contributed by atoms with Gasteiger partial charge in [-0.3, -0.25) is 9.48 Å². The number of fused-ring (bicyclic) bond motifs is 1. The van der Waals surface area contributed by atoms with Crippen molar-refractivity contribution < 1.29 is 9.32 Å². The van der Waals surface area contributed by atoms with Crippen LogP contribution >= 0.6 is 0 Å². The van der Waals surface area contributed by atoms with Crippen molar-refractivity contribution in [3.05, 3.63) is 53.9 Å². The van der Waals surface area contributed by atoms with E-state index in [0.717, 1.165) is 16.8 Å². The molecule has 0 aliphatic heterocycles. The summed E-state index contributed by atoms with van der Waals surface area (Å²) in [5, 5.41) is 12.0. The van der Waals surface area contributed by atoms with Crippen molar-refractivity contribution in [2.75, 3.05) is 6.54 Å². The summed E-state index contributed by atoms with van der Waals surface area (Å²) < 4.78 is 7.23. The highest BCUT2D eigenvalue weighted by Gasteiger charge is 2.22. The van der Waals surface area contributed by atoms with Crippen LogP contribution in [0.2, 0.25) is 0 Å². The Morgan fingerprint density at radius 2 is 2.04 bits per heavy atom. The van der Waals surface area contributed by atoms with Crippen LogP contribution in [0.25, 0.3) is 33.6 Å². The first-order valence-corrected chi connectivity index (χ1v) is 8.73. The molecule has 4 rings (SSSR count). The van der Waals surface area contributed by atoms with E-state index in [9.17, 15) is 4.79 Å². The van der Waals surface area contributed by atoms with E-state index in [0.29, 0.717) is 34.6 Å². The summed E-state index contributed by atoms with van der Waals surface area (Å²) >= 11 is 0. The van der Waals surface area contributed by atoms with E-state index in [-0.39, 0.29) is 5.91 Å². The highest BCUT2D eigenvalue weighted by Crippen LogP contribution is 2.33. The Kier molecular flexibility index (Phi) is 4.19. The van der Waals surface area contributed by atoms with Gasteiger partial charge < -0.3 is 9.84 Å². The fraction of sp³-hybridized carbons (Fsp3) is 0.200. The van der Waals surface area contributed by atoms with Gasteiger partial charge in [0.15, 0.2) is 0 Å². The molecular formula is C20H19N5O2. The van der Waals surface area contributed by atoms with Gasteiger partial charge in [-0.25, -0.2) is 4.98 Å². The lowest BCUT2D eigenvalue weighted by atomic mass is 10.0. The number of aromatic nitrogens is 4. The molecule has 0 aliphatic rings. The molecule has 0 bridgehead atoms. The van der Waals surface area contributed by atoms with Crippen molar-refractivity contribution in [2.45, 2.75) is 13.8 Å². The number of hydrogen-bond donors (Lipinski definition) is 1. The fourth-order valence-electron chi connectivity index (χ4n) is 3.17. The molecule has 0 unspecified atom stereocenters. The Hall–Kier alpha value is -3.48. The molecule has 3 heterocycles. The van der Waals surface area contributed by atoms with Gasteiger partial charge in [0, 0.05) is 30.9 Å². The van der Waals surface area contributed by atoms with Gasteiger partial charge in [0.2, 0.25) is 0 Å². The van der Waals surface area contributed by atoms with Gasteiger partial charge in [0.05, 0.1) is 22.3 Å². The molecule has 0 fully saturated rings. The molecule has 3 aromatic heterocycles.